The Bertz CT molecular complexity index is 1110. The van der Waals surface area contributed by atoms with Gasteiger partial charge < -0.3 is 14.6 Å². The zero-order valence-electron chi connectivity index (χ0n) is 17.1. The first-order valence-electron chi connectivity index (χ1n) is 9.96. The van der Waals surface area contributed by atoms with Crippen molar-refractivity contribution in [1.82, 2.24) is 4.57 Å². The van der Waals surface area contributed by atoms with Gasteiger partial charge in [0.05, 0.1) is 5.41 Å². The second-order valence-electron chi connectivity index (χ2n) is 8.31. The topological polar surface area (TPSA) is 62.5 Å². The summed E-state index contributed by atoms with van der Waals surface area (Å²) in [6.07, 6.45) is 2.01. The Morgan fingerprint density at radius 1 is 1.14 bits per heavy atom. The first kappa shape index (κ1) is 19.2. The lowest BCUT2D eigenvalue weighted by atomic mass is 9.73. The van der Waals surface area contributed by atoms with Crippen LogP contribution >= 0.6 is 0 Å². The number of rotatable bonds is 4. The second kappa shape index (κ2) is 7.07. The van der Waals surface area contributed by atoms with E-state index in [1.54, 1.807) is 4.90 Å². The molecule has 29 heavy (non-hydrogen) atoms. The first-order chi connectivity index (χ1) is 13.8. The largest absolute Gasteiger partial charge is 0.480 e. The molecule has 0 saturated heterocycles. The van der Waals surface area contributed by atoms with E-state index in [0.717, 1.165) is 33.4 Å². The molecule has 0 bridgehead atoms. The smallest absolute Gasteiger partial charge is 0.323 e. The number of aryl methyl sites for hydroxylation is 1. The zero-order valence-corrected chi connectivity index (χ0v) is 17.1. The number of nitrogens with zero attached hydrogens (tertiary/aromatic N) is 2. The van der Waals surface area contributed by atoms with Gasteiger partial charge in [0.15, 0.2) is 0 Å². The van der Waals surface area contributed by atoms with Crippen LogP contribution in [-0.4, -0.2) is 28.6 Å². The molecule has 1 aliphatic carbocycles. The quantitative estimate of drug-likeness (QED) is 0.726. The minimum absolute atomic E-state index is 0.0520. The van der Waals surface area contributed by atoms with Gasteiger partial charge in [-0.05, 0) is 49.4 Å². The van der Waals surface area contributed by atoms with Crippen molar-refractivity contribution in [2.75, 3.05) is 11.9 Å². The molecule has 1 aliphatic rings. The van der Waals surface area contributed by atoms with Crippen molar-refractivity contribution in [1.29, 1.82) is 0 Å². The first-order valence-corrected chi connectivity index (χ1v) is 9.96. The summed E-state index contributed by atoms with van der Waals surface area (Å²) in [6.45, 7) is 4.00. The number of carboxylic acids is 1. The van der Waals surface area contributed by atoms with Crippen LogP contribution in [0.25, 0.3) is 10.9 Å². The lowest BCUT2D eigenvalue weighted by Crippen LogP contribution is -2.44. The van der Waals surface area contributed by atoms with Crippen molar-refractivity contribution in [2.45, 2.75) is 39.7 Å². The number of carbonyl (C=O) groups is 2. The molecule has 0 saturated carbocycles. The van der Waals surface area contributed by atoms with Crippen molar-refractivity contribution in [2.24, 2.45) is 5.41 Å². The number of aromatic nitrogens is 1. The van der Waals surface area contributed by atoms with Gasteiger partial charge in [-0.15, -0.1) is 0 Å². The van der Waals surface area contributed by atoms with Crippen molar-refractivity contribution >= 4 is 28.5 Å². The Balaban J connectivity index is 1.73. The summed E-state index contributed by atoms with van der Waals surface area (Å²) in [5.74, 6) is -0.746. The van der Waals surface area contributed by atoms with E-state index in [4.69, 9.17) is 0 Å². The minimum atomic E-state index is -0.850. The van der Waals surface area contributed by atoms with E-state index in [9.17, 15) is 14.7 Å². The highest BCUT2D eigenvalue weighted by molar-refractivity contribution is 5.98. The van der Waals surface area contributed by atoms with Crippen LogP contribution in [0.5, 0.6) is 0 Å². The number of amides is 1. The van der Waals surface area contributed by atoms with E-state index < -0.39 is 11.4 Å². The van der Waals surface area contributed by atoms with E-state index in [1.165, 1.54) is 0 Å². The number of aliphatic carboxylic acids is 1. The molecule has 5 nitrogen and oxygen atoms in total. The molecule has 1 N–H and O–H groups in total. The SMILES string of the molecule is Cc1ccccc1N(C)C(=O)C1(C)CCc2c(c3ccccc3n2CC(=O)O)C1. The molecule has 0 radical (unpaired) electrons. The van der Waals surface area contributed by atoms with E-state index in [1.807, 2.05) is 74.0 Å². The summed E-state index contributed by atoms with van der Waals surface area (Å²) in [4.78, 5) is 26.7. The minimum Gasteiger partial charge on any atom is -0.480 e. The van der Waals surface area contributed by atoms with Gasteiger partial charge in [-0.3, -0.25) is 9.59 Å². The number of anilines is 1. The number of benzene rings is 2. The number of para-hydroxylation sites is 2. The van der Waals surface area contributed by atoms with Crippen molar-refractivity contribution in [3.63, 3.8) is 0 Å². The molecule has 5 heteroatoms. The fraction of sp³-hybridized carbons (Fsp3) is 0.333. The van der Waals surface area contributed by atoms with Crippen LogP contribution in [0.15, 0.2) is 48.5 Å². The molecular formula is C24H26N2O3. The highest BCUT2D eigenvalue weighted by Gasteiger charge is 2.41. The van der Waals surface area contributed by atoms with E-state index in [2.05, 4.69) is 0 Å². The van der Waals surface area contributed by atoms with Crippen LogP contribution in [0.1, 0.15) is 30.2 Å². The average molecular weight is 390 g/mol. The Hall–Kier alpha value is -3.08. The summed E-state index contributed by atoms with van der Waals surface area (Å²) < 4.78 is 1.90. The van der Waals surface area contributed by atoms with Gasteiger partial charge in [0.2, 0.25) is 5.91 Å². The van der Waals surface area contributed by atoms with Crippen LogP contribution in [-0.2, 0) is 29.0 Å². The van der Waals surface area contributed by atoms with E-state index in [-0.39, 0.29) is 12.5 Å². The van der Waals surface area contributed by atoms with E-state index in [0.29, 0.717) is 19.3 Å². The molecule has 1 aromatic heterocycles. The zero-order chi connectivity index (χ0) is 20.8. The molecule has 150 valence electrons. The predicted octanol–water partition coefficient (Wildman–Crippen LogP) is 4.19. The summed E-state index contributed by atoms with van der Waals surface area (Å²) in [6, 6.07) is 15.8. The molecule has 0 spiro atoms. The van der Waals surface area contributed by atoms with Gasteiger partial charge in [-0.2, -0.15) is 0 Å². The van der Waals surface area contributed by atoms with E-state index >= 15 is 0 Å². The monoisotopic (exact) mass is 390 g/mol. The lowest BCUT2D eigenvalue weighted by Gasteiger charge is -2.36. The average Bonchev–Trinajstić information content (AvgIpc) is 3.00. The maximum Gasteiger partial charge on any atom is 0.323 e. The molecule has 1 unspecified atom stereocenters. The number of carbonyl (C=O) groups excluding carboxylic acids is 1. The normalized spacial score (nSPS) is 18.4. The maximum absolute atomic E-state index is 13.5. The molecule has 4 rings (SSSR count). The fourth-order valence-corrected chi connectivity index (χ4v) is 4.74. The van der Waals surface area contributed by atoms with Crippen LogP contribution in [0.4, 0.5) is 5.69 Å². The van der Waals surface area contributed by atoms with Crippen LogP contribution in [0, 0.1) is 12.3 Å². The summed E-state index contributed by atoms with van der Waals surface area (Å²) >= 11 is 0. The predicted molar refractivity (Wildman–Crippen MR) is 114 cm³/mol. The standard InChI is InChI=1S/C24H26N2O3/c1-16-8-4-6-10-19(16)25(3)23(29)24(2)13-12-21-18(14-24)17-9-5-7-11-20(17)26(21)15-22(27)28/h4-11H,12-15H2,1-3H3,(H,27,28). The molecule has 0 aliphatic heterocycles. The maximum atomic E-state index is 13.5. The van der Waals surface area contributed by atoms with Gasteiger partial charge >= 0.3 is 5.97 Å². The second-order valence-corrected chi connectivity index (χ2v) is 8.31. The molecule has 3 aromatic rings. The Labute approximate surface area is 170 Å². The van der Waals surface area contributed by atoms with Gasteiger partial charge in [0, 0.05) is 29.3 Å². The Kier molecular flexibility index (Phi) is 4.69. The van der Waals surface area contributed by atoms with Gasteiger partial charge in [0.25, 0.3) is 0 Å². The van der Waals surface area contributed by atoms with Crippen LogP contribution < -0.4 is 4.90 Å². The summed E-state index contributed by atoms with van der Waals surface area (Å²) in [5, 5.41) is 10.4. The molecule has 2 aromatic carbocycles. The Morgan fingerprint density at radius 3 is 2.55 bits per heavy atom. The van der Waals surface area contributed by atoms with Gasteiger partial charge in [0.1, 0.15) is 6.54 Å². The molecular weight excluding hydrogens is 364 g/mol. The van der Waals surface area contributed by atoms with Crippen molar-refractivity contribution in [3.8, 4) is 0 Å². The Morgan fingerprint density at radius 2 is 1.83 bits per heavy atom. The number of hydrogen-bond donors (Lipinski definition) is 1. The molecule has 1 heterocycles. The fourth-order valence-electron chi connectivity index (χ4n) is 4.74. The van der Waals surface area contributed by atoms with Crippen LogP contribution in [0.3, 0.4) is 0 Å². The molecule has 1 amide bonds. The highest BCUT2D eigenvalue weighted by Crippen LogP contribution is 2.42. The number of fused-ring (bicyclic) bond motifs is 3. The third-order valence-electron chi connectivity index (χ3n) is 6.27. The highest BCUT2D eigenvalue weighted by atomic mass is 16.4. The molecule has 0 fully saturated rings. The van der Waals surface area contributed by atoms with Crippen molar-refractivity contribution < 1.29 is 14.7 Å². The summed E-state index contributed by atoms with van der Waals surface area (Å²) in [7, 11) is 1.85. The van der Waals surface area contributed by atoms with Gasteiger partial charge in [-0.25, -0.2) is 0 Å². The van der Waals surface area contributed by atoms with Crippen LogP contribution in [0.2, 0.25) is 0 Å². The lowest BCUT2D eigenvalue weighted by molar-refractivity contribution is -0.137. The van der Waals surface area contributed by atoms with Gasteiger partial charge in [-0.1, -0.05) is 43.3 Å². The van der Waals surface area contributed by atoms with Crippen molar-refractivity contribution in [3.05, 3.63) is 65.4 Å². The number of carboxylic acid groups (broad SMARTS) is 1. The third-order valence-corrected chi connectivity index (χ3v) is 6.27. The number of hydrogen-bond acceptors (Lipinski definition) is 2. The third kappa shape index (κ3) is 3.20. The summed E-state index contributed by atoms with van der Waals surface area (Å²) in [5.41, 5.74) is 4.57. The molecule has 1 atom stereocenters.